The van der Waals surface area contributed by atoms with Crippen molar-refractivity contribution in [2.75, 3.05) is 23.3 Å². The molecule has 2 aromatic rings. The SMILES string of the molecule is O=C(C=C(c1ccccc1)C(F)(F)F)Nc1ccccc1N1CCCCC1. The van der Waals surface area contributed by atoms with Gasteiger partial charge in [0.25, 0.3) is 0 Å². The summed E-state index contributed by atoms with van der Waals surface area (Å²) in [5.74, 6) is -0.796. The van der Waals surface area contributed by atoms with Crippen LogP contribution in [0.1, 0.15) is 24.8 Å². The molecule has 1 saturated heterocycles. The van der Waals surface area contributed by atoms with Crippen molar-refractivity contribution >= 4 is 22.9 Å². The Kier molecular flexibility index (Phi) is 5.84. The number of amides is 1. The van der Waals surface area contributed by atoms with Crippen molar-refractivity contribution in [1.82, 2.24) is 0 Å². The van der Waals surface area contributed by atoms with Gasteiger partial charge in [-0.25, -0.2) is 0 Å². The highest BCUT2D eigenvalue weighted by Crippen LogP contribution is 2.34. The average molecular weight is 374 g/mol. The maximum atomic E-state index is 13.4. The molecule has 1 fully saturated rings. The molecule has 0 radical (unpaired) electrons. The number of alkyl halides is 3. The third-order valence-electron chi connectivity index (χ3n) is 4.52. The van der Waals surface area contributed by atoms with Gasteiger partial charge in [-0.2, -0.15) is 13.2 Å². The second-order valence-electron chi connectivity index (χ2n) is 6.48. The monoisotopic (exact) mass is 374 g/mol. The molecule has 0 spiro atoms. The molecule has 0 unspecified atom stereocenters. The van der Waals surface area contributed by atoms with E-state index in [4.69, 9.17) is 0 Å². The minimum Gasteiger partial charge on any atom is -0.370 e. The number of allylic oxidation sites excluding steroid dienone is 1. The summed E-state index contributed by atoms with van der Waals surface area (Å²) < 4.78 is 40.3. The molecule has 0 atom stereocenters. The number of benzene rings is 2. The second-order valence-corrected chi connectivity index (χ2v) is 6.48. The molecule has 1 amide bonds. The van der Waals surface area contributed by atoms with E-state index in [-0.39, 0.29) is 5.56 Å². The zero-order valence-electron chi connectivity index (χ0n) is 14.8. The van der Waals surface area contributed by atoms with Crippen LogP contribution in [0.3, 0.4) is 0 Å². The van der Waals surface area contributed by atoms with Crippen LogP contribution in [-0.4, -0.2) is 25.2 Å². The lowest BCUT2D eigenvalue weighted by Crippen LogP contribution is -2.30. The van der Waals surface area contributed by atoms with Crippen molar-refractivity contribution in [3.63, 3.8) is 0 Å². The number of carbonyl (C=O) groups is 1. The Morgan fingerprint density at radius 1 is 0.926 bits per heavy atom. The summed E-state index contributed by atoms with van der Waals surface area (Å²) in [4.78, 5) is 14.5. The van der Waals surface area contributed by atoms with E-state index < -0.39 is 17.7 Å². The Morgan fingerprint density at radius 3 is 2.22 bits per heavy atom. The number of nitrogens with zero attached hydrogens (tertiary/aromatic N) is 1. The van der Waals surface area contributed by atoms with Gasteiger partial charge in [-0.05, 0) is 37.0 Å². The van der Waals surface area contributed by atoms with Crippen molar-refractivity contribution in [1.29, 1.82) is 0 Å². The van der Waals surface area contributed by atoms with Crippen LogP contribution >= 0.6 is 0 Å². The van der Waals surface area contributed by atoms with Gasteiger partial charge in [0.1, 0.15) is 0 Å². The Bertz CT molecular complexity index is 810. The number of nitrogens with one attached hydrogen (secondary N) is 1. The predicted octanol–water partition coefficient (Wildman–Crippen LogP) is 5.26. The van der Waals surface area contributed by atoms with Gasteiger partial charge in [-0.3, -0.25) is 4.79 Å². The zero-order chi connectivity index (χ0) is 19.3. The van der Waals surface area contributed by atoms with E-state index >= 15 is 0 Å². The van der Waals surface area contributed by atoms with Gasteiger partial charge >= 0.3 is 6.18 Å². The van der Waals surface area contributed by atoms with Crippen LogP contribution in [0.2, 0.25) is 0 Å². The predicted molar refractivity (Wildman–Crippen MR) is 102 cm³/mol. The van der Waals surface area contributed by atoms with Gasteiger partial charge in [-0.1, -0.05) is 42.5 Å². The molecule has 1 aliphatic heterocycles. The van der Waals surface area contributed by atoms with E-state index in [0.29, 0.717) is 11.8 Å². The molecule has 27 heavy (non-hydrogen) atoms. The second kappa shape index (κ2) is 8.29. The largest absolute Gasteiger partial charge is 0.417 e. The summed E-state index contributed by atoms with van der Waals surface area (Å²) in [6, 6.07) is 14.6. The molecule has 0 aliphatic carbocycles. The van der Waals surface area contributed by atoms with Gasteiger partial charge in [0.2, 0.25) is 5.91 Å². The molecule has 0 saturated carbocycles. The highest BCUT2D eigenvalue weighted by atomic mass is 19.4. The molecular weight excluding hydrogens is 353 g/mol. The van der Waals surface area contributed by atoms with E-state index in [0.717, 1.165) is 31.6 Å². The number of piperidine rings is 1. The molecule has 1 aliphatic rings. The summed E-state index contributed by atoms with van der Waals surface area (Å²) in [6.45, 7) is 1.75. The topological polar surface area (TPSA) is 32.3 Å². The fourth-order valence-corrected chi connectivity index (χ4v) is 3.24. The summed E-state index contributed by atoms with van der Waals surface area (Å²) in [5.41, 5.74) is 0.364. The Balaban J connectivity index is 1.85. The quantitative estimate of drug-likeness (QED) is 0.740. The molecule has 1 heterocycles. The minimum atomic E-state index is -4.62. The smallest absolute Gasteiger partial charge is 0.370 e. The van der Waals surface area contributed by atoms with Gasteiger partial charge in [-0.15, -0.1) is 0 Å². The van der Waals surface area contributed by atoms with Crippen LogP contribution in [0.25, 0.3) is 5.57 Å². The van der Waals surface area contributed by atoms with E-state index in [9.17, 15) is 18.0 Å². The van der Waals surface area contributed by atoms with E-state index in [1.807, 2.05) is 12.1 Å². The first-order valence-corrected chi connectivity index (χ1v) is 8.94. The van der Waals surface area contributed by atoms with E-state index in [1.165, 1.54) is 30.7 Å². The van der Waals surface area contributed by atoms with Gasteiger partial charge < -0.3 is 10.2 Å². The van der Waals surface area contributed by atoms with Crippen LogP contribution in [-0.2, 0) is 4.79 Å². The third kappa shape index (κ3) is 4.90. The summed E-state index contributed by atoms with van der Waals surface area (Å²) in [6.07, 6.45) is -0.698. The highest BCUT2D eigenvalue weighted by Gasteiger charge is 2.35. The molecule has 6 heteroatoms. The lowest BCUT2D eigenvalue weighted by atomic mass is 10.0. The maximum absolute atomic E-state index is 13.4. The van der Waals surface area contributed by atoms with Crippen molar-refractivity contribution < 1.29 is 18.0 Å². The molecule has 3 rings (SSSR count). The van der Waals surface area contributed by atoms with E-state index in [2.05, 4.69) is 10.2 Å². The van der Waals surface area contributed by atoms with Crippen LogP contribution in [0.15, 0.2) is 60.7 Å². The summed E-state index contributed by atoms with van der Waals surface area (Å²) >= 11 is 0. The van der Waals surface area contributed by atoms with Crippen LogP contribution in [0.5, 0.6) is 0 Å². The fraction of sp³-hybridized carbons (Fsp3) is 0.286. The number of rotatable bonds is 4. The number of anilines is 2. The van der Waals surface area contributed by atoms with Gasteiger partial charge in [0.05, 0.1) is 16.9 Å². The fourth-order valence-electron chi connectivity index (χ4n) is 3.24. The lowest BCUT2D eigenvalue weighted by Gasteiger charge is -2.30. The molecule has 3 nitrogen and oxygen atoms in total. The van der Waals surface area contributed by atoms with Crippen molar-refractivity contribution in [2.24, 2.45) is 0 Å². The van der Waals surface area contributed by atoms with Crippen molar-refractivity contribution in [3.8, 4) is 0 Å². The third-order valence-corrected chi connectivity index (χ3v) is 4.52. The standard InChI is InChI=1S/C21H21F3N2O/c22-21(23,24)17(16-9-3-1-4-10-16)15-20(27)25-18-11-5-6-12-19(18)26-13-7-2-8-14-26/h1,3-6,9-12,15H,2,7-8,13-14H2,(H,25,27). The molecule has 0 bridgehead atoms. The number of halogens is 3. The summed E-state index contributed by atoms with van der Waals surface area (Å²) in [5, 5.41) is 2.62. The molecule has 1 N–H and O–H groups in total. The van der Waals surface area contributed by atoms with Crippen molar-refractivity contribution in [2.45, 2.75) is 25.4 Å². The Hall–Kier alpha value is -2.76. The highest BCUT2D eigenvalue weighted by molar-refractivity contribution is 6.06. The van der Waals surface area contributed by atoms with Gasteiger partial charge in [0, 0.05) is 19.2 Å². The summed E-state index contributed by atoms with van der Waals surface area (Å²) in [7, 11) is 0. The first kappa shape index (κ1) is 19.0. The number of para-hydroxylation sites is 2. The minimum absolute atomic E-state index is 0.0375. The Labute approximate surface area is 156 Å². The van der Waals surface area contributed by atoms with Crippen LogP contribution < -0.4 is 10.2 Å². The Morgan fingerprint density at radius 2 is 1.56 bits per heavy atom. The molecule has 2 aromatic carbocycles. The number of hydrogen-bond donors (Lipinski definition) is 1. The van der Waals surface area contributed by atoms with Crippen LogP contribution in [0.4, 0.5) is 24.5 Å². The zero-order valence-corrected chi connectivity index (χ0v) is 14.8. The number of carbonyl (C=O) groups excluding carboxylic acids is 1. The normalized spacial score (nSPS) is 15.5. The maximum Gasteiger partial charge on any atom is 0.417 e. The lowest BCUT2D eigenvalue weighted by molar-refractivity contribution is -0.112. The van der Waals surface area contributed by atoms with Crippen molar-refractivity contribution in [3.05, 3.63) is 66.2 Å². The molecular formula is C21H21F3N2O. The van der Waals surface area contributed by atoms with Crippen LogP contribution in [0, 0.1) is 0 Å². The molecule has 0 aromatic heterocycles. The first-order chi connectivity index (χ1) is 12.9. The first-order valence-electron chi connectivity index (χ1n) is 8.94. The molecule has 142 valence electrons. The van der Waals surface area contributed by atoms with Gasteiger partial charge in [0.15, 0.2) is 0 Å². The average Bonchev–Trinajstić information content (AvgIpc) is 2.67. The van der Waals surface area contributed by atoms with E-state index in [1.54, 1.807) is 18.2 Å². The number of hydrogen-bond acceptors (Lipinski definition) is 2.